The fraction of sp³-hybridized carbons (Fsp3) is 1.00. The molecule has 7 heteroatoms. The summed E-state index contributed by atoms with van der Waals surface area (Å²) in [5.41, 5.74) is 0. The molecule has 0 aromatic rings. The van der Waals surface area contributed by atoms with E-state index in [0.717, 1.165) is 0 Å². The highest BCUT2D eigenvalue weighted by molar-refractivity contribution is 7.86. The lowest BCUT2D eigenvalue weighted by atomic mass is 10.3. The molecule has 6 nitrogen and oxygen atoms in total. The van der Waals surface area contributed by atoms with Gasteiger partial charge in [0, 0.05) is 39.3 Å². The second kappa shape index (κ2) is 8.06. The van der Waals surface area contributed by atoms with E-state index in [0.29, 0.717) is 26.1 Å². The van der Waals surface area contributed by atoms with E-state index in [1.165, 1.54) is 8.61 Å². The second-order valence-electron chi connectivity index (χ2n) is 4.72. The van der Waals surface area contributed by atoms with Gasteiger partial charge in [-0.25, -0.2) is 0 Å². The smallest absolute Gasteiger partial charge is 0.282 e. The highest BCUT2D eigenvalue weighted by Crippen LogP contribution is 2.11. The molecule has 0 spiro atoms. The van der Waals surface area contributed by atoms with Crippen LogP contribution < -0.4 is 0 Å². The molecule has 0 amide bonds. The van der Waals surface area contributed by atoms with Crippen LogP contribution in [0, 0.1) is 0 Å². The maximum atomic E-state index is 12.3. The first-order valence-corrected chi connectivity index (χ1v) is 7.65. The highest BCUT2D eigenvalue weighted by atomic mass is 32.2. The van der Waals surface area contributed by atoms with Crippen LogP contribution in [0.25, 0.3) is 0 Å². The van der Waals surface area contributed by atoms with Crippen molar-refractivity contribution in [2.24, 2.45) is 0 Å². The van der Waals surface area contributed by atoms with Crippen LogP contribution >= 0.6 is 0 Å². The Bertz CT molecular complexity index is 319. The molecule has 1 atom stereocenters. The van der Waals surface area contributed by atoms with Gasteiger partial charge < -0.3 is 10.0 Å². The first-order valence-electron chi connectivity index (χ1n) is 6.26. The number of hydrogen-bond donors (Lipinski definition) is 1. The molecule has 0 radical (unpaired) electrons. The molecule has 18 heavy (non-hydrogen) atoms. The molecule has 110 valence electrons. The van der Waals surface area contributed by atoms with Crippen molar-refractivity contribution in [2.75, 3.05) is 47.4 Å². The van der Waals surface area contributed by atoms with E-state index < -0.39 is 10.2 Å². The molecule has 0 aliphatic heterocycles. The molecular weight excluding hydrogens is 254 g/mol. The SMILES string of the molecule is CCN(C(C)CN(C)C)S(=O)(=O)N(C)CCCO. The van der Waals surface area contributed by atoms with Crippen LogP contribution in [0.2, 0.25) is 0 Å². The summed E-state index contributed by atoms with van der Waals surface area (Å²) in [6.45, 7) is 5.20. The van der Waals surface area contributed by atoms with Gasteiger partial charge in [-0.2, -0.15) is 17.0 Å². The van der Waals surface area contributed by atoms with Gasteiger partial charge in [-0.3, -0.25) is 0 Å². The van der Waals surface area contributed by atoms with E-state index in [1.54, 1.807) is 7.05 Å². The highest BCUT2D eigenvalue weighted by Gasteiger charge is 2.29. The van der Waals surface area contributed by atoms with Crippen LogP contribution in [0.4, 0.5) is 0 Å². The predicted molar refractivity (Wildman–Crippen MR) is 73.6 cm³/mol. The van der Waals surface area contributed by atoms with E-state index in [9.17, 15) is 8.42 Å². The zero-order valence-corrected chi connectivity index (χ0v) is 12.9. The normalized spacial score (nSPS) is 14.7. The molecule has 0 saturated heterocycles. The average Bonchev–Trinajstić information content (AvgIpc) is 2.25. The van der Waals surface area contributed by atoms with Crippen molar-refractivity contribution in [2.45, 2.75) is 26.3 Å². The summed E-state index contributed by atoms with van der Waals surface area (Å²) in [6.07, 6.45) is 0.454. The zero-order valence-electron chi connectivity index (χ0n) is 12.1. The summed E-state index contributed by atoms with van der Waals surface area (Å²) in [7, 11) is 1.96. The Balaban J connectivity index is 4.80. The van der Waals surface area contributed by atoms with Crippen molar-refractivity contribution >= 4 is 10.2 Å². The molecule has 0 aromatic carbocycles. The fourth-order valence-electron chi connectivity index (χ4n) is 1.91. The molecule has 1 N–H and O–H groups in total. The Morgan fingerprint density at radius 1 is 1.22 bits per heavy atom. The quantitative estimate of drug-likeness (QED) is 0.637. The summed E-state index contributed by atoms with van der Waals surface area (Å²) in [6, 6.07) is -0.0772. The third-order valence-electron chi connectivity index (χ3n) is 2.75. The molecule has 0 fully saturated rings. The van der Waals surface area contributed by atoms with Gasteiger partial charge in [0.05, 0.1) is 0 Å². The molecule has 0 saturated carbocycles. The number of aliphatic hydroxyl groups is 1. The Morgan fingerprint density at radius 3 is 2.17 bits per heavy atom. The molecule has 0 aromatic heterocycles. The summed E-state index contributed by atoms with van der Waals surface area (Å²) in [5, 5.41) is 8.76. The van der Waals surface area contributed by atoms with Gasteiger partial charge in [0.1, 0.15) is 0 Å². The average molecular weight is 281 g/mol. The maximum absolute atomic E-state index is 12.3. The van der Waals surface area contributed by atoms with Crippen molar-refractivity contribution in [1.29, 1.82) is 0 Å². The van der Waals surface area contributed by atoms with Gasteiger partial charge in [-0.15, -0.1) is 0 Å². The van der Waals surface area contributed by atoms with Gasteiger partial charge in [0.25, 0.3) is 10.2 Å². The van der Waals surface area contributed by atoms with E-state index in [1.807, 2.05) is 32.8 Å². The minimum Gasteiger partial charge on any atom is -0.396 e. The lowest BCUT2D eigenvalue weighted by Gasteiger charge is -2.32. The molecule has 1 unspecified atom stereocenters. The van der Waals surface area contributed by atoms with Crippen molar-refractivity contribution in [3.05, 3.63) is 0 Å². The van der Waals surface area contributed by atoms with Crippen molar-refractivity contribution in [3.63, 3.8) is 0 Å². The third-order valence-corrected chi connectivity index (χ3v) is 4.94. The van der Waals surface area contributed by atoms with Crippen LogP contribution in [0.1, 0.15) is 20.3 Å². The Hall–Kier alpha value is -0.210. The molecule has 0 aliphatic carbocycles. The molecule has 0 bridgehead atoms. The third kappa shape index (κ3) is 5.19. The van der Waals surface area contributed by atoms with Gasteiger partial charge in [-0.05, 0) is 27.4 Å². The van der Waals surface area contributed by atoms with Crippen molar-refractivity contribution in [1.82, 2.24) is 13.5 Å². The number of hydrogen-bond acceptors (Lipinski definition) is 4. The van der Waals surface area contributed by atoms with E-state index in [4.69, 9.17) is 5.11 Å². The van der Waals surface area contributed by atoms with Crippen LogP contribution in [-0.2, 0) is 10.2 Å². The summed E-state index contributed by atoms with van der Waals surface area (Å²) in [5.74, 6) is 0. The Kier molecular flexibility index (Phi) is 7.97. The molecular formula is C11H27N3O3S. The minimum absolute atomic E-state index is 0.000758. The van der Waals surface area contributed by atoms with Gasteiger partial charge >= 0.3 is 0 Å². The van der Waals surface area contributed by atoms with Crippen molar-refractivity contribution < 1.29 is 13.5 Å². The summed E-state index contributed by atoms with van der Waals surface area (Å²) < 4.78 is 27.5. The van der Waals surface area contributed by atoms with Gasteiger partial charge in [0.2, 0.25) is 0 Å². The standard InChI is InChI=1S/C11H27N3O3S/c1-6-14(11(2)10-12(3)4)18(16,17)13(5)8-7-9-15/h11,15H,6-10H2,1-5H3. The van der Waals surface area contributed by atoms with Gasteiger partial charge in [-0.1, -0.05) is 6.92 Å². The first kappa shape index (κ1) is 17.8. The largest absolute Gasteiger partial charge is 0.396 e. The van der Waals surface area contributed by atoms with Crippen LogP contribution in [0.15, 0.2) is 0 Å². The van der Waals surface area contributed by atoms with Crippen LogP contribution in [0.3, 0.4) is 0 Å². The lowest BCUT2D eigenvalue weighted by Crippen LogP contribution is -2.49. The molecule has 0 rings (SSSR count). The predicted octanol–water partition coefficient (Wildman–Crippen LogP) is -0.183. The van der Waals surface area contributed by atoms with Crippen LogP contribution in [0.5, 0.6) is 0 Å². The number of nitrogens with zero attached hydrogens (tertiary/aromatic N) is 3. The number of rotatable bonds is 9. The Morgan fingerprint density at radius 2 is 1.78 bits per heavy atom. The summed E-state index contributed by atoms with van der Waals surface area (Å²) >= 11 is 0. The van der Waals surface area contributed by atoms with Crippen molar-refractivity contribution in [3.8, 4) is 0 Å². The number of aliphatic hydroxyl groups excluding tert-OH is 1. The summed E-state index contributed by atoms with van der Waals surface area (Å²) in [4.78, 5) is 1.97. The van der Waals surface area contributed by atoms with E-state index >= 15 is 0 Å². The number of likely N-dealkylation sites (N-methyl/N-ethyl adjacent to an activating group) is 2. The fourth-order valence-corrected chi connectivity index (χ4v) is 3.48. The Labute approximate surface area is 111 Å². The monoisotopic (exact) mass is 281 g/mol. The zero-order chi connectivity index (χ0) is 14.3. The minimum atomic E-state index is -3.44. The van der Waals surface area contributed by atoms with Crippen LogP contribution in [-0.4, -0.2) is 80.5 Å². The first-order chi connectivity index (χ1) is 8.27. The van der Waals surface area contributed by atoms with Gasteiger partial charge in [0.15, 0.2) is 0 Å². The van der Waals surface area contributed by atoms with E-state index in [-0.39, 0.29) is 12.6 Å². The lowest BCUT2D eigenvalue weighted by molar-refractivity contribution is 0.248. The van der Waals surface area contributed by atoms with E-state index in [2.05, 4.69) is 0 Å². The second-order valence-corrected chi connectivity index (χ2v) is 6.71. The topological polar surface area (TPSA) is 64.1 Å². The molecule has 0 aliphatic rings. The molecule has 0 heterocycles. The maximum Gasteiger partial charge on any atom is 0.282 e.